The van der Waals surface area contributed by atoms with Gasteiger partial charge in [-0.05, 0) is 23.3 Å². The maximum atomic E-state index is 13.2. The van der Waals surface area contributed by atoms with Crippen molar-refractivity contribution in [3.05, 3.63) is 102 Å². The largest absolute Gasteiger partial charge is 0.372 e. The molecule has 0 heterocycles. The third-order valence-corrected chi connectivity index (χ3v) is 4.25. The van der Waals surface area contributed by atoms with E-state index in [1.54, 1.807) is 84.9 Å². The van der Waals surface area contributed by atoms with Crippen LogP contribution in [-0.4, -0.2) is 16.9 Å². The predicted molar refractivity (Wildman–Crippen MR) is 104 cm³/mol. The topological polar surface area (TPSA) is 69.6 Å². The van der Waals surface area contributed by atoms with Gasteiger partial charge in [-0.1, -0.05) is 78.9 Å². The fourth-order valence-corrected chi connectivity index (χ4v) is 2.87. The van der Waals surface area contributed by atoms with E-state index in [4.69, 9.17) is 0 Å². The lowest BCUT2D eigenvalue weighted by molar-refractivity contribution is -0.138. The number of nitrogens with zero attached hydrogens (tertiary/aromatic N) is 1. The Bertz CT molecular complexity index is 873. The Balaban J connectivity index is 2.02. The van der Waals surface area contributed by atoms with E-state index in [2.05, 4.69) is 5.43 Å². The maximum Gasteiger partial charge on any atom is 0.280 e. The summed E-state index contributed by atoms with van der Waals surface area (Å²) in [6.45, 7) is 1.34. The minimum Gasteiger partial charge on any atom is -0.372 e. The zero-order valence-corrected chi connectivity index (χ0v) is 14.9. The third kappa shape index (κ3) is 3.73. The van der Waals surface area contributed by atoms with Crippen molar-refractivity contribution in [2.75, 3.05) is 5.01 Å². The number of anilines is 1. The highest BCUT2D eigenvalue weighted by atomic mass is 16.3. The second-order valence-electron chi connectivity index (χ2n) is 6.07. The molecular weight excluding hydrogens is 340 g/mol. The van der Waals surface area contributed by atoms with E-state index < -0.39 is 11.5 Å². The van der Waals surface area contributed by atoms with E-state index in [9.17, 15) is 14.7 Å². The second kappa shape index (κ2) is 7.85. The molecule has 2 amide bonds. The number of para-hydroxylation sites is 1. The zero-order valence-electron chi connectivity index (χ0n) is 14.9. The summed E-state index contributed by atoms with van der Waals surface area (Å²) in [6.07, 6.45) is 0. The van der Waals surface area contributed by atoms with Gasteiger partial charge in [-0.25, -0.2) is 5.01 Å². The van der Waals surface area contributed by atoms with Gasteiger partial charge in [0, 0.05) is 6.92 Å². The highest BCUT2D eigenvalue weighted by molar-refractivity contribution is 5.98. The van der Waals surface area contributed by atoms with Crippen LogP contribution in [0.3, 0.4) is 0 Å². The molecule has 3 aromatic carbocycles. The molecule has 2 N–H and O–H groups in total. The molecule has 3 aromatic rings. The van der Waals surface area contributed by atoms with Gasteiger partial charge in [0.2, 0.25) is 5.91 Å². The number of hydrogen-bond donors (Lipinski definition) is 2. The van der Waals surface area contributed by atoms with Crippen molar-refractivity contribution in [3.8, 4) is 0 Å². The molecule has 0 unspecified atom stereocenters. The first-order valence-corrected chi connectivity index (χ1v) is 8.53. The van der Waals surface area contributed by atoms with Gasteiger partial charge in [0.15, 0.2) is 5.60 Å². The van der Waals surface area contributed by atoms with Gasteiger partial charge in [0.25, 0.3) is 5.91 Å². The van der Waals surface area contributed by atoms with E-state index in [-0.39, 0.29) is 5.91 Å². The number of benzene rings is 3. The molecule has 0 aliphatic carbocycles. The van der Waals surface area contributed by atoms with Crippen LogP contribution in [0.5, 0.6) is 0 Å². The Labute approximate surface area is 157 Å². The van der Waals surface area contributed by atoms with E-state index >= 15 is 0 Å². The Morgan fingerprint density at radius 2 is 1.19 bits per heavy atom. The average molecular weight is 360 g/mol. The van der Waals surface area contributed by atoms with Crippen LogP contribution in [0.1, 0.15) is 18.1 Å². The molecule has 0 spiro atoms. The molecule has 5 heteroatoms. The smallest absolute Gasteiger partial charge is 0.280 e. The molecule has 136 valence electrons. The number of rotatable bonds is 4. The summed E-state index contributed by atoms with van der Waals surface area (Å²) >= 11 is 0. The predicted octanol–water partition coefficient (Wildman–Crippen LogP) is 3.01. The monoisotopic (exact) mass is 360 g/mol. The lowest BCUT2D eigenvalue weighted by atomic mass is 9.85. The van der Waals surface area contributed by atoms with Gasteiger partial charge in [0.1, 0.15) is 0 Å². The minimum absolute atomic E-state index is 0.377. The number of hydrogen-bond acceptors (Lipinski definition) is 3. The minimum atomic E-state index is -1.95. The zero-order chi connectivity index (χ0) is 19.3. The number of hydrazine groups is 1. The van der Waals surface area contributed by atoms with Gasteiger partial charge in [0.05, 0.1) is 5.69 Å². The molecule has 3 rings (SSSR count). The highest BCUT2D eigenvalue weighted by Crippen LogP contribution is 2.30. The van der Waals surface area contributed by atoms with Gasteiger partial charge in [-0.2, -0.15) is 0 Å². The quantitative estimate of drug-likeness (QED) is 0.703. The standard InChI is InChI=1S/C22H20N2O3/c1-17(25)24(20-15-9-4-10-16-20)23-21(26)22(27,18-11-5-2-6-12-18)19-13-7-3-8-14-19/h2-16,27H,1H3,(H,23,26). The molecule has 0 atom stereocenters. The molecule has 0 bridgehead atoms. The van der Waals surface area contributed by atoms with Crippen molar-refractivity contribution < 1.29 is 14.7 Å². The van der Waals surface area contributed by atoms with Crippen molar-refractivity contribution in [2.45, 2.75) is 12.5 Å². The van der Waals surface area contributed by atoms with E-state index in [0.717, 1.165) is 5.01 Å². The lowest BCUT2D eigenvalue weighted by Gasteiger charge is -2.31. The Hall–Kier alpha value is -3.44. The van der Waals surface area contributed by atoms with Crippen LogP contribution in [0.15, 0.2) is 91.0 Å². The molecule has 0 fully saturated rings. The average Bonchev–Trinajstić information content (AvgIpc) is 2.73. The van der Waals surface area contributed by atoms with Gasteiger partial charge in [-0.3, -0.25) is 15.0 Å². The van der Waals surface area contributed by atoms with Gasteiger partial charge < -0.3 is 5.11 Å². The summed E-state index contributed by atoms with van der Waals surface area (Å²) in [5.74, 6) is -1.10. The molecule has 0 aromatic heterocycles. The fourth-order valence-electron chi connectivity index (χ4n) is 2.87. The normalized spacial score (nSPS) is 10.9. The van der Waals surface area contributed by atoms with Crippen molar-refractivity contribution in [3.63, 3.8) is 0 Å². The third-order valence-electron chi connectivity index (χ3n) is 4.25. The SMILES string of the molecule is CC(=O)N(NC(=O)C(O)(c1ccccc1)c1ccccc1)c1ccccc1. The molecule has 0 saturated heterocycles. The molecule has 0 aliphatic heterocycles. The van der Waals surface area contributed by atoms with Crippen LogP contribution in [0.2, 0.25) is 0 Å². The summed E-state index contributed by atoms with van der Waals surface area (Å²) < 4.78 is 0. The van der Waals surface area contributed by atoms with Crippen LogP contribution < -0.4 is 10.4 Å². The van der Waals surface area contributed by atoms with Crippen LogP contribution in [0.25, 0.3) is 0 Å². The summed E-state index contributed by atoms with van der Waals surface area (Å²) in [6, 6.07) is 26.0. The molecule has 0 saturated carbocycles. The van der Waals surface area contributed by atoms with Crippen LogP contribution in [-0.2, 0) is 15.2 Å². The molecule has 0 radical (unpaired) electrons. The molecular formula is C22H20N2O3. The summed E-state index contributed by atoms with van der Waals surface area (Å²) in [7, 11) is 0. The fraction of sp³-hybridized carbons (Fsp3) is 0.0909. The van der Waals surface area contributed by atoms with Gasteiger partial charge >= 0.3 is 0 Å². The number of aliphatic hydroxyl groups is 1. The first kappa shape index (κ1) is 18.4. The molecule has 0 aliphatic rings. The number of nitrogens with one attached hydrogen (secondary N) is 1. The van der Waals surface area contributed by atoms with Crippen LogP contribution in [0, 0.1) is 0 Å². The summed E-state index contributed by atoms with van der Waals surface area (Å²) in [5.41, 5.74) is 1.93. The van der Waals surface area contributed by atoms with Crippen LogP contribution >= 0.6 is 0 Å². The van der Waals surface area contributed by atoms with E-state index in [1.807, 2.05) is 6.07 Å². The number of carbonyl (C=O) groups excluding carboxylic acids is 2. The summed E-state index contributed by atoms with van der Waals surface area (Å²) in [4.78, 5) is 25.3. The maximum absolute atomic E-state index is 13.2. The second-order valence-corrected chi connectivity index (χ2v) is 6.07. The van der Waals surface area contributed by atoms with Crippen molar-refractivity contribution in [1.82, 2.24) is 5.43 Å². The number of carbonyl (C=O) groups is 2. The molecule has 27 heavy (non-hydrogen) atoms. The summed E-state index contributed by atoms with van der Waals surface area (Å²) in [5, 5.41) is 12.6. The Morgan fingerprint density at radius 3 is 1.59 bits per heavy atom. The van der Waals surface area contributed by atoms with Crippen molar-refractivity contribution in [1.29, 1.82) is 0 Å². The molecule has 5 nitrogen and oxygen atoms in total. The first-order valence-electron chi connectivity index (χ1n) is 8.53. The van der Waals surface area contributed by atoms with Crippen molar-refractivity contribution in [2.24, 2.45) is 0 Å². The van der Waals surface area contributed by atoms with E-state index in [1.165, 1.54) is 6.92 Å². The highest BCUT2D eigenvalue weighted by Gasteiger charge is 2.41. The van der Waals surface area contributed by atoms with Crippen molar-refractivity contribution >= 4 is 17.5 Å². The van der Waals surface area contributed by atoms with Gasteiger partial charge in [-0.15, -0.1) is 0 Å². The lowest BCUT2D eigenvalue weighted by Crippen LogP contribution is -2.54. The first-order chi connectivity index (χ1) is 13.0. The Kier molecular flexibility index (Phi) is 5.33. The van der Waals surface area contributed by atoms with Crippen LogP contribution in [0.4, 0.5) is 5.69 Å². The van der Waals surface area contributed by atoms with E-state index in [0.29, 0.717) is 16.8 Å². The Morgan fingerprint density at radius 1 is 0.778 bits per heavy atom. The number of amides is 2.